The van der Waals surface area contributed by atoms with Crippen molar-refractivity contribution in [2.45, 2.75) is 31.2 Å². The monoisotopic (exact) mass is 229 g/mol. The number of nitriles is 1. The SMILES string of the molecule is CCN1CCC(N(C)CC(Cl)C#N)CC1. The molecule has 0 bridgehead atoms. The molecule has 1 aliphatic rings. The number of nitrogens with zero attached hydrogens (tertiary/aromatic N) is 3. The van der Waals surface area contributed by atoms with Crippen LogP contribution in [0.1, 0.15) is 19.8 Å². The predicted octanol–water partition coefficient (Wildman–Crippen LogP) is 1.53. The first-order valence-electron chi connectivity index (χ1n) is 5.63. The lowest BCUT2D eigenvalue weighted by atomic mass is 10.0. The van der Waals surface area contributed by atoms with Crippen LogP contribution in [0.4, 0.5) is 0 Å². The first-order valence-corrected chi connectivity index (χ1v) is 6.07. The average Bonchev–Trinajstić information content (AvgIpc) is 2.29. The molecule has 15 heavy (non-hydrogen) atoms. The molecular formula is C11H20ClN3. The predicted molar refractivity (Wildman–Crippen MR) is 63.0 cm³/mol. The Balaban J connectivity index is 2.30. The van der Waals surface area contributed by atoms with Gasteiger partial charge >= 0.3 is 0 Å². The molecule has 1 rings (SSSR count). The summed E-state index contributed by atoms with van der Waals surface area (Å²) in [6.07, 6.45) is 2.39. The van der Waals surface area contributed by atoms with Crippen LogP contribution in [0.2, 0.25) is 0 Å². The van der Waals surface area contributed by atoms with Crippen LogP contribution in [-0.2, 0) is 0 Å². The van der Waals surface area contributed by atoms with E-state index in [1.54, 1.807) is 0 Å². The molecule has 1 saturated heterocycles. The van der Waals surface area contributed by atoms with E-state index in [1.165, 1.54) is 25.9 Å². The summed E-state index contributed by atoms with van der Waals surface area (Å²) in [6, 6.07) is 2.67. The molecule has 0 saturated carbocycles. The topological polar surface area (TPSA) is 30.3 Å². The first kappa shape index (κ1) is 12.8. The van der Waals surface area contributed by atoms with Gasteiger partial charge in [0.15, 0.2) is 0 Å². The second kappa shape index (κ2) is 6.32. The molecule has 86 valence electrons. The van der Waals surface area contributed by atoms with Gasteiger partial charge in [-0.2, -0.15) is 5.26 Å². The molecule has 1 aliphatic heterocycles. The Morgan fingerprint density at radius 1 is 1.53 bits per heavy atom. The van der Waals surface area contributed by atoms with E-state index in [9.17, 15) is 0 Å². The van der Waals surface area contributed by atoms with E-state index < -0.39 is 0 Å². The highest BCUT2D eigenvalue weighted by Gasteiger charge is 2.22. The Kier molecular flexibility index (Phi) is 5.38. The third-order valence-electron chi connectivity index (χ3n) is 3.22. The van der Waals surface area contributed by atoms with Gasteiger partial charge in [0.2, 0.25) is 0 Å². The van der Waals surface area contributed by atoms with Crippen molar-refractivity contribution in [1.82, 2.24) is 9.80 Å². The summed E-state index contributed by atoms with van der Waals surface area (Å²) in [6.45, 7) is 6.37. The van der Waals surface area contributed by atoms with Gasteiger partial charge in [-0.1, -0.05) is 6.92 Å². The zero-order valence-electron chi connectivity index (χ0n) is 9.62. The van der Waals surface area contributed by atoms with Gasteiger partial charge in [-0.05, 0) is 39.5 Å². The van der Waals surface area contributed by atoms with Crippen molar-refractivity contribution in [2.75, 3.05) is 33.2 Å². The zero-order chi connectivity index (χ0) is 11.3. The highest BCUT2D eigenvalue weighted by molar-refractivity contribution is 6.22. The van der Waals surface area contributed by atoms with Crippen LogP contribution in [0.3, 0.4) is 0 Å². The zero-order valence-corrected chi connectivity index (χ0v) is 10.4. The van der Waals surface area contributed by atoms with Gasteiger partial charge < -0.3 is 9.80 Å². The maximum atomic E-state index is 8.65. The molecule has 1 unspecified atom stereocenters. The fraction of sp³-hybridized carbons (Fsp3) is 0.909. The van der Waals surface area contributed by atoms with Gasteiger partial charge in [0.1, 0.15) is 5.38 Å². The standard InChI is InChI=1S/C11H20ClN3/c1-3-15-6-4-11(5-7-15)14(2)9-10(12)8-13/h10-11H,3-7,9H2,1-2H3. The number of halogens is 1. The molecule has 0 aliphatic carbocycles. The Bertz CT molecular complexity index is 218. The van der Waals surface area contributed by atoms with Crippen molar-refractivity contribution in [2.24, 2.45) is 0 Å². The molecule has 0 aromatic carbocycles. The minimum atomic E-state index is -0.376. The number of rotatable bonds is 4. The summed E-state index contributed by atoms with van der Waals surface area (Å²) in [5, 5.41) is 8.27. The molecule has 1 heterocycles. The van der Waals surface area contributed by atoms with Crippen LogP contribution < -0.4 is 0 Å². The van der Waals surface area contributed by atoms with Crippen molar-refractivity contribution in [3.63, 3.8) is 0 Å². The lowest BCUT2D eigenvalue weighted by Crippen LogP contribution is -2.44. The molecule has 0 aromatic rings. The molecule has 0 N–H and O–H groups in total. The second-order valence-corrected chi connectivity index (χ2v) is 4.73. The molecule has 4 heteroatoms. The van der Waals surface area contributed by atoms with Gasteiger partial charge in [0.05, 0.1) is 6.07 Å². The third-order valence-corrected chi connectivity index (χ3v) is 3.45. The van der Waals surface area contributed by atoms with Crippen LogP contribution in [0, 0.1) is 11.3 Å². The van der Waals surface area contributed by atoms with Crippen molar-refractivity contribution in [1.29, 1.82) is 5.26 Å². The Morgan fingerprint density at radius 3 is 2.60 bits per heavy atom. The summed E-state index contributed by atoms with van der Waals surface area (Å²) in [4.78, 5) is 4.70. The number of likely N-dealkylation sites (tertiary alicyclic amines) is 1. The van der Waals surface area contributed by atoms with E-state index in [-0.39, 0.29) is 5.38 Å². The number of hydrogen-bond acceptors (Lipinski definition) is 3. The highest BCUT2D eigenvalue weighted by atomic mass is 35.5. The summed E-state index contributed by atoms with van der Waals surface area (Å²) in [5.41, 5.74) is 0. The second-order valence-electron chi connectivity index (χ2n) is 4.20. The molecule has 3 nitrogen and oxygen atoms in total. The number of alkyl halides is 1. The van der Waals surface area contributed by atoms with E-state index in [0.717, 1.165) is 6.54 Å². The maximum absolute atomic E-state index is 8.65. The van der Waals surface area contributed by atoms with Crippen LogP contribution in [0.15, 0.2) is 0 Å². The van der Waals surface area contributed by atoms with Crippen LogP contribution in [-0.4, -0.2) is 54.4 Å². The lowest BCUT2D eigenvalue weighted by molar-refractivity contribution is 0.134. The highest BCUT2D eigenvalue weighted by Crippen LogP contribution is 2.15. The molecule has 0 aromatic heterocycles. The third kappa shape index (κ3) is 3.98. The van der Waals surface area contributed by atoms with Crippen LogP contribution in [0.25, 0.3) is 0 Å². The van der Waals surface area contributed by atoms with E-state index in [1.807, 2.05) is 0 Å². The van der Waals surface area contributed by atoms with Crippen molar-refractivity contribution >= 4 is 11.6 Å². The van der Waals surface area contributed by atoms with Gasteiger partial charge in [-0.3, -0.25) is 0 Å². The van der Waals surface area contributed by atoms with E-state index in [2.05, 4.69) is 29.8 Å². The van der Waals surface area contributed by atoms with Crippen LogP contribution >= 0.6 is 11.6 Å². The van der Waals surface area contributed by atoms with Crippen molar-refractivity contribution in [3.05, 3.63) is 0 Å². The van der Waals surface area contributed by atoms with Crippen molar-refractivity contribution < 1.29 is 0 Å². The van der Waals surface area contributed by atoms with Gasteiger partial charge in [0.25, 0.3) is 0 Å². The lowest BCUT2D eigenvalue weighted by Gasteiger charge is -2.36. The normalized spacial score (nSPS) is 21.5. The van der Waals surface area contributed by atoms with Gasteiger partial charge in [-0.25, -0.2) is 0 Å². The summed E-state index contributed by atoms with van der Waals surface area (Å²) < 4.78 is 0. The summed E-state index contributed by atoms with van der Waals surface area (Å²) in [5.74, 6) is 0. The summed E-state index contributed by atoms with van der Waals surface area (Å²) >= 11 is 5.82. The average molecular weight is 230 g/mol. The van der Waals surface area contributed by atoms with Gasteiger partial charge in [0, 0.05) is 12.6 Å². The van der Waals surface area contributed by atoms with E-state index in [0.29, 0.717) is 12.6 Å². The molecule has 1 atom stereocenters. The fourth-order valence-corrected chi connectivity index (χ4v) is 2.34. The van der Waals surface area contributed by atoms with Gasteiger partial charge in [-0.15, -0.1) is 11.6 Å². The van der Waals surface area contributed by atoms with Crippen LogP contribution in [0.5, 0.6) is 0 Å². The minimum absolute atomic E-state index is 0.376. The molecular weight excluding hydrogens is 210 g/mol. The number of piperidine rings is 1. The molecule has 1 fully saturated rings. The van der Waals surface area contributed by atoms with E-state index >= 15 is 0 Å². The number of hydrogen-bond donors (Lipinski definition) is 0. The maximum Gasteiger partial charge on any atom is 0.133 e. The fourth-order valence-electron chi connectivity index (χ4n) is 2.12. The Labute approximate surface area is 97.6 Å². The first-order chi connectivity index (χ1) is 7.17. The largest absolute Gasteiger partial charge is 0.303 e. The Hall–Kier alpha value is -0.300. The molecule has 0 spiro atoms. The van der Waals surface area contributed by atoms with Crippen molar-refractivity contribution in [3.8, 4) is 6.07 Å². The minimum Gasteiger partial charge on any atom is -0.303 e. The smallest absolute Gasteiger partial charge is 0.133 e. The molecule has 0 amide bonds. The molecule has 0 radical (unpaired) electrons. The quantitative estimate of drug-likeness (QED) is 0.685. The van der Waals surface area contributed by atoms with E-state index in [4.69, 9.17) is 16.9 Å². The summed E-state index contributed by atoms with van der Waals surface area (Å²) in [7, 11) is 2.07. The Morgan fingerprint density at radius 2 is 2.13 bits per heavy atom.